The maximum atomic E-state index is 10.7. The van der Waals surface area contributed by atoms with Crippen molar-refractivity contribution in [1.29, 1.82) is 0 Å². The molecule has 1 aliphatic rings. The first-order valence-electron chi connectivity index (χ1n) is 7.13. The molecule has 0 radical (unpaired) electrons. The van der Waals surface area contributed by atoms with E-state index in [1.54, 1.807) is 6.07 Å². The van der Waals surface area contributed by atoms with E-state index < -0.39 is 11.0 Å². The molecular weight excluding hydrogens is 274 g/mol. The van der Waals surface area contributed by atoms with Gasteiger partial charge in [-0.1, -0.05) is 6.07 Å². The molecule has 1 unspecified atom stereocenters. The van der Waals surface area contributed by atoms with Gasteiger partial charge in [-0.05, 0) is 37.6 Å². The van der Waals surface area contributed by atoms with E-state index in [1.807, 2.05) is 0 Å². The number of phenols is 1. The maximum Gasteiger partial charge on any atom is 0.311 e. The molecule has 3 N–H and O–H groups in total. The van der Waals surface area contributed by atoms with Gasteiger partial charge in [0.05, 0.1) is 11.0 Å². The lowest BCUT2D eigenvalue weighted by molar-refractivity contribution is -0.385. The summed E-state index contributed by atoms with van der Waals surface area (Å²) in [6.45, 7) is 3.59. The van der Waals surface area contributed by atoms with Crippen LogP contribution in [-0.2, 0) is 6.54 Å². The lowest BCUT2D eigenvalue weighted by Crippen LogP contribution is -2.36. The second kappa shape index (κ2) is 7.35. The molecule has 1 aliphatic heterocycles. The van der Waals surface area contributed by atoms with E-state index in [1.165, 1.54) is 25.0 Å². The molecule has 7 heteroatoms. The first-order chi connectivity index (χ1) is 10.1. The van der Waals surface area contributed by atoms with Crippen molar-refractivity contribution in [3.63, 3.8) is 0 Å². The highest BCUT2D eigenvalue weighted by Gasteiger charge is 2.16. The van der Waals surface area contributed by atoms with Crippen LogP contribution < -0.4 is 5.32 Å². The number of aromatic hydroxyl groups is 1. The summed E-state index contributed by atoms with van der Waals surface area (Å²) in [6, 6.07) is 4.28. The van der Waals surface area contributed by atoms with Crippen LogP contribution >= 0.6 is 0 Å². The van der Waals surface area contributed by atoms with Gasteiger partial charge in [-0.25, -0.2) is 0 Å². The highest BCUT2D eigenvalue weighted by Crippen LogP contribution is 2.26. The Bertz CT molecular complexity index is 489. The maximum absolute atomic E-state index is 10.7. The number of nitrogens with zero attached hydrogens (tertiary/aromatic N) is 2. The van der Waals surface area contributed by atoms with E-state index in [-0.39, 0.29) is 11.4 Å². The van der Waals surface area contributed by atoms with Crippen LogP contribution in [0, 0.1) is 10.1 Å². The highest BCUT2D eigenvalue weighted by molar-refractivity contribution is 5.47. The molecule has 1 aromatic rings. The van der Waals surface area contributed by atoms with Gasteiger partial charge in [-0.2, -0.15) is 0 Å². The van der Waals surface area contributed by atoms with E-state index in [9.17, 15) is 20.3 Å². The summed E-state index contributed by atoms with van der Waals surface area (Å²) in [5.74, 6) is -0.335. The zero-order valence-corrected chi connectivity index (χ0v) is 11.9. The third-order valence-electron chi connectivity index (χ3n) is 3.61. The molecular formula is C14H21N3O4. The van der Waals surface area contributed by atoms with Crippen molar-refractivity contribution in [3.8, 4) is 5.75 Å². The van der Waals surface area contributed by atoms with Gasteiger partial charge < -0.3 is 20.4 Å². The fraction of sp³-hybridized carbons (Fsp3) is 0.571. The van der Waals surface area contributed by atoms with Crippen LogP contribution in [0.4, 0.5) is 5.69 Å². The van der Waals surface area contributed by atoms with E-state index in [4.69, 9.17) is 0 Å². The van der Waals surface area contributed by atoms with Crippen molar-refractivity contribution in [2.45, 2.75) is 25.5 Å². The molecule has 1 heterocycles. The monoisotopic (exact) mass is 295 g/mol. The minimum absolute atomic E-state index is 0.299. The van der Waals surface area contributed by atoms with Gasteiger partial charge >= 0.3 is 5.69 Å². The Kier molecular flexibility index (Phi) is 5.49. The lowest BCUT2D eigenvalue weighted by atomic mass is 10.2. The number of benzene rings is 1. The third kappa shape index (κ3) is 4.66. The number of β-amino-alcohol motifs (C(OH)–C–C–N with tert-alkyl or cyclic N) is 1. The molecule has 1 aromatic carbocycles. The van der Waals surface area contributed by atoms with Crippen molar-refractivity contribution >= 4 is 5.69 Å². The number of nitro groups is 1. The fourth-order valence-corrected chi connectivity index (χ4v) is 2.54. The Morgan fingerprint density at radius 2 is 2.10 bits per heavy atom. The van der Waals surface area contributed by atoms with Crippen LogP contribution in [0.5, 0.6) is 5.75 Å². The summed E-state index contributed by atoms with van der Waals surface area (Å²) < 4.78 is 0. The molecule has 7 nitrogen and oxygen atoms in total. The Morgan fingerprint density at radius 3 is 2.76 bits per heavy atom. The predicted octanol–water partition coefficient (Wildman–Crippen LogP) is 0.847. The molecule has 1 fully saturated rings. The smallest absolute Gasteiger partial charge is 0.311 e. The van der Waals surface area contributed by atoms with E-state index in [0.717, 1.165) is 13.1 Å². The van der Waals surface area contributed by atoms with Gasteiger partial charge in [0.25, 0.3) is 0 Å². The summed E-state index contributed by atoms with van der Waals surface area (Å²) >= 11 is 0. The van der Waals surface area contributed by atoms with E-state index in [2.05, 4.69) is 10.2 Å². The van der Waals surface area contributed by atoms with Crippen LogP contribution in [0.15, 0.2) is 18.2 Å². The third-order valence-corrected chi connectivity index (χ3v) is 3.61. The molecule has 0 bridgehead atoms. The summed E-state index contributed by atoms with van der Waals surface area (Å²) in [5.41, 5.74) is 0.403. The minimum atomic E-state index is -0.610. The predicted molar refractivity (Wildman–Crippen MR) is 78.1 cm³/mol. The minimum Gasteiger partial charge on any atom is -0.502 e. The van der Waals surface area contributed by atoms with Crippen molar-refractivity contribution in [1.82, 2.24) is 10.2 Å². The Balaban J connectivity index is 1.77. The van der Waals surface area contributed by atoms with Gasteiger partial charge in [0.15, 0.2) is 5.75 Å². The molecule has 0 spiro atoms. The van der Waals surface area contributed by atoms with Crippen LogP contribution in [0.2, 0.25) is 0 Å². The Morgan fingerprint density at radius 1 is 1.38 bits per heavy atom. The molecule has 0 saturated carbocycles. The number of aliphatic hydroxyl groups excluding tert-OH is 1. The second-order valence-electron chi connectivity index (χ2n) is 5.37. The molecule has 0 aromatic heterocycles. The summed E-state index contributed by atoms with van der Waals surface area (Å²) in [6.07, 6.45) is 1.93. The number of nitro benzene ring substituents is 1. The first-order valence-corrected chi connectivity index (χ1v) is 7.13. The SMILES string of the molecule is O=[N+]([O-])c1cc(CNCC(O)CN2CCCC2)ccc1O. The topological polar surface area (TPSA) is 98.9 Å². The fourth-order valence-electron chi connectivity index (χ4n) is 2.54. The molecule has 0 aliphatic carbocycles. The van der Waals surface area contributed by atoms with Crippen molar-refractivity contribution < 1.29 is 15.1 Å². The molecule has 116 valence electrons. The summed E-state index contributed by atoms with van der Waals surface area (Å²) in [7, 11) is 0. The molecule has 21 heavy (non-hydrogen) atoms. The largest absolute Gasteiger partial charge is 0.502 e. The second-order valence-corrected chi connectivity index (χ2v) is 5.37. The zero-order valence-electron chi connectivity index (χ0n) is 11.9. The Labute approximate surface area is 123 Å². The first kappa shape index (κ1) is 15.7. The van der Waals surface area contributed by atoms with Crippen molar-refractivity contribution in [2.24, 2.45) is 0 Å². The molecule has 1 atom stereocenters. The van der Waals surface area contributed by atoms with Gasteiger partial charge in [0, 0.05) is 25.7 Å². The van der Waals surface area contributed by atoms with Gasteiger partial charge in [0.2, 0.25) is 0 Å². The van der Waals surface area contributed by atoms with E-state index >= 15 is 0 Å². The van der Waals surface area contributed by atoms with Crippen LogP contribution in [0.25, 0.3) is 0 Å². The normalized spacial score (nSPS) is 17.0. The van der Waals surface area contributed by atoms with Gasteiger partial charge in [-0.15, -0.1) is 0 Å². The number of nitrogens with one attached hydrogen (secondary N) is 1. The van der Waals surface area contributed by atoms with Crippen LogP contribution in [-0.4, -0.2) is 52.3 Å². The van der Waals surface area contributed by atoms with Gasteiger partial charge in [-0.3, -0.25) is 10.1 Å². The van der Waals surface area contributed by atoms with Crippen LogP contribution in [0.1, 0.15) is 18.4 Å². The number of likely N-dealkylation sites (tertiary alicyclic amines) is 1. The number of hydrogen-bond acceptors (Lipinski definition) is 6. The van der Waals surface area contributed by atoms with Crippen LogP contribution in [0.3, 0.4) is 0 Å². The highest BCUT2D eigenvalue weighted by atomic mass is 16.6. The number of aliphatic hydroxyl groups is 1. The summed E-state index contributed by atoms with van der Waals surface area (Å²) in [4.78, 5) is 12.4. The quantitative estimate of drug-likeness (QED) is 0.509. The lowest BCUT2D eigenvalue weighted by Gasteiger charge is -2.19. The van der Waals surface area contributed by atoms with Crippen molar-refractivity contribution in [2.75, 3.05) is 26.2 Å². The van der Waals surface area contributed by atoms with Crippen molar-refractivity contribution in [3.05, 3.63) is 33.9 Å². The molecule has 2 rings (SSSR count). The number of hydrogen-bond donors (Lipinski definition) is 3. The standard InChI is InChI=1S/C14H21N3O4/c18-12(10-16-5-1-2-6-16)9-15-8-11-3-4-14(19)13(7-11)17(20)21/h3-4,7,12,15,18-19H,1-2,5-6,8-10H2. The average Bonchev–Trinajstić information content (AvgIpc) is 2.93. The average molecular weight is 295 g/mol. The number of phenolic OH excluding ortho intramolecular Hbond substituents is 1. The number of rotatable bonds is 7. The summed E-state index contributed by atoms with van der Waals surface area (Å²) in [5, 5.41) is 33.1. The molecule has 1 saturated heterocycles. The Hall–Kier alpha value is -1.70. The van der Waals surface area contributed by atoms with Gasteiger partial charge in [0.1, 0.15) is 0 Å². The zero-order chi connectivity index (χ0) is 15.2. The van der Waals surface area contributed by atoms with E-state index in [0.29, 0.717) is 25.2 Å². The molecule has 0 amide bonds.